The first kappa shape index (κ1) is 18.4. The van der Waals surface area contributed by atoms with Gasteiger partial charge in [-0.05, 0) is 55.9 Å². The third-order valence-corrected chi connectivity index (χ3v) is 4.43. The quantitative estimate of drug-likeness (QED) is 0.606. The van der Waals surface area contributed by atoms with E-state index in [1.54, 1.807) is 16.8 Å². The summed E-state index contributed by atoms with van der Waals surface area (Å²) in [5.41, 5.74) is 3.31. The molecule has 0 aliphatic rings. The zero-order valence-electron chi connectivity index (χ0n) is 14.4. The minimum Gasteiger partial charge on any atom is -0.332 e. The zero-order valence-corrected chi connectivity index (χ0v) is 16.0. The van der Waals surface area contributed by atoms with Crippen molar-refractivity contribution in [3.05, 3.63) is 76.2 Å². The van der Waals surface area contributed by atoms with E-state index in [-0.39, 0.29) is 12.4 Å². The van der Waals surface area contributed by atoms with Gasteiger partial charge in [0, 0.05) is 28.0 Å². The molecule has 7 heteroatoms. The summed E-state index contributed by atoms with van der Waals surface area (Å²) in [4.78, 5) is 0. The van der Waals surface area contributed by atoms with Crippen molar-refractivity contribution in [1.82, 2.24) is 9.78 Å². The zero-order chi connectivity index (χ0) is 18.7. The minimum absolute atomic E-state index is 0.247. The molecule has 0 atom stereocenters. The summed E-state index contributed by atoms with van der Waals surface area (Å²) < 4.78 is 15.7. The number of anilines is 2. The van der Waals surface area contributed by atoms with Crippen molar-refractivity contribution in [3.8, 4) is 0 Å². The molecule has 0 radical (unpaired) electrons. The van der Waals surface area contributed by atoms with Crippen molar-refractivity contribution in [3.63, 3.8) is 0 Å². The summed E-state index contributed by atoms with van der Waals surface area (Å²) in [5.74, 6) is 0.235. The smallest absolute Gasteiger partial charge is 0.176 e. The van der Waals surface area contributed by atoms with E-state index in [1.165, 1.54) is 6.07 Å². The molecule has 0 spiro atoms. The minimum atomic E-state index is -0.349. The van der Waals surface area contributed by atoms with E-state index < -0.39 is 0 Å². The van der Waals surface area contributed by atoms with Crippen LogP contribution in [0.4, 0.5) is 15.9 Å². The molecule has 0 aliphatic heterocycles. The molecule has 0 fully saturated rings. The Morgan fingerprint density at radius 3 is 2.65 bits per heavy atom. The second kappa shape index (κ2) is 7.85. The molecule has 0 amide bonds. The summed E-state index contributed by atoms with van der Waals surface area (Å²) >= 11 is 11.4. The van der Waals surface area contributed by atoms with Gasteiger partial charge in [-0.15, -0.1) is 0 Å². The van der Waals surface area contributed by atoms with Gasteiger partial charge in [0.25, 0.3) is 0 Å². The summed E-state index contributed by atoms with van der Waals surface area (Å²) in [6, 6.07) is 14.4. The molecule has 3 rings (SSSR count). The standard InChI is InChI=1S/C19H18ClFN4S/c1-12-5-3-6-14(9-12)22-19(26)23-18-10-13(2)25(24-18)11-15-16(20)7-4-8-17(15)21/h3-10H,11H2,1-2H3,(H2,22,23,24,26). The van der Waals surface area contributed by atoms with Crippen LogP contribution in [-0.4, -0.2) is 14.9 Å². The highest BCUT2D eigenvalue weighted by molar-refractivity contribution is 7.80. The number of nitrogens with zero attached hydrogens (tertiary/aromatic N) is 2. The van der Waals surface area contributed by atoms with Crippen LogP contribution in [0.5, 0.6) is 0 Å². The van der Waals surface area contributed by atoms with Gasteiger partial charge in [-0.2, -0.15) is 5.10 Å². The number of hydrogen-bond acceptors (Lipinski definition) is 2. The van der Waals surface area contributed by atoms with E-state index in [0.717, 1.165) is 16.9 Å². The Hall–Kier alpha value is -2.44. The van der Waals surface area contributed by atoms with Crippen molar-refractivity contribution in [1.29, 1.82) is 0 Å². The van der Waals surface area contributed by atoms with Gasteiger partial charge in [-0.3, -0.25) is 4.68 Å². The number of rotatable bonds is 4. The summed E-state index contributed by atoms with van der Waals surface area (Å²) in [7, 11) is 0. The third kappa shape index (κ3) is 4.39. The van der Waals surface area contributed by atoms with Gasteiger partial charge in [0.15, 0.2) is 10.9 Å². The maximum absolute atomic E-state index is 14.0. The fourth-order valence-corrected chi connectivity index (χ4v) is 3.01. The lowest BCUT2D eigenvalue weighted by Gasteiger charge is -2.09. The monoisotopic (exact) mass is 388 g/mol. The van der Waals surface area contributed by atoms with Crippen molar-refractivity contribution in [2.75, 3.05) is 10.6 Å². The van der Waals surface area contributed by atoms with E-state index in [0.29, 0.717) is 21.5 Å². The van der Waals surface area contributed by atoms with Crippen molar-refractivity contribution in [2.45, 2.75) is 20.4 Å². The lowest BCUT2D eigenvalue weighted by Crippen LogP contribution is -2.19. The van der Waals surface area contributed by atoms with Crippen LogP contribution in [0.15, 0.2) is 48.5 Å². The molecule has 26 heavy (non-hydrogen) atoms. The van der Waals surface area contributed by atoms with Crippen LogP contribution in [0.2, 0.25) is 5.02 Å². The van der Waals surface area contributed by atoms with Crippen molar-refractivity contribution < 1.29 is 4.39 Å². The van der Waals surface area contributed by atoms with Crippen LogP contribution in [0, 0.1) is 19.7 Å². The number of nitrogens with one attached hydrogen (secondary N) is 2. The number of hydrogen-bond donors (Lipinski definition) is 2. The fourth-order valence-electron chi connectivity index (χ4n) is 2.57. The van der Waals surface area contributed by atoms with E-state index in [2.05, 4.69) is 15.7 Å². The first-order chi connectivity index (χ1) is 12.4. The summed E-state index contributed by atoms with van der Waals surface area (Å²) in [5, 5.41) is 11.4. The average Bonchev–Trinajstić information content (AvgIpc) is 2.90. The summed E-state index contributed by atoms with van der Waals surface area (Å²) in [6.45, 7) is 4.15. The molecule has 3 aromatic rings. The average molecular weight is 389 g/mol. The van der Waals surface area contributed by atoms with Crippen molar-refractivity contribution in [2.24, 2.45) is 0 Å². The molecular weight excluding hydrogens is 371 g/mol. The Balaban J connectivity index is 1.71. The highest BCUT2D eigenvalue weighted by atomic mass is 35.5. The van der Waals surface area contributed by atoms with Crippen molar-refractivity contribution >= 4 is 40.4 Å². The molecule has 0 aliphatic carbocycles. The SMILES string of the molecule is Cc1cccc(NC(=S)Nc2cc(C)n(Cc3c(F)cccc3Cl)n2)c1. The Kier molecular flexibility index (Phi) is 5.54. The van der Waals surface area contributed by atoms with Crippen LogP contribution in [0.3, 0.4) is 0 Å². The van der Waals surface area contributed by atoms with Crippen LogP contribution in [0.25, 0.3) is 0 Å². The van der Waals surface area contributed by atoms with Gasteiger partial charge in [0.1, 0.15) is 5.82 Å². The molecule has 2 aromatic carbocycles. The lowest BCUT2D eigenvalue weighted by atomic mass is 10.2. The first-order valence-corrected chi connectivity index (χ1v) is 8.83. The predicted octanol–water partition coefficient (Wildman–Crippen LogP) is 5.15. The molecule has 0 saturated heterocycles. The van der Waals surface area contributed by atoms with Gasteiger partial charge >= 0.3 is 0 Å². The molecule has 2 N–H and O–H groups in total. The molecular formula is C19H18ClFN4S. The number of halogens is 2. The number of thiocarbonyl (C=S) groups is 1. The Bertz CT molecular complexity index is 934. The predicted molar refractivity (Wildman–Crippen MR) is 108 cm³/mol. The summed E-state index contributed by atoms with van der Waals surface area (Å²) in [6.07, 6.45) is 0. The third-order valence-electron chi connectivity index (χ3n) is 3.87. The number of aromatic nitrogens is 2. The second-order valence-corrected chi connectivity index (χ2v) is 6.79. The second-order valence-electron chi connectivity index (χ2n) is 5.98. The van der Waals surface area contributed by atoms with Gasteiger partial charge < -0.3 is 10.6 Å². The number of benzene rings is 2. The molecule has 0 unspecified atom stereocenters. The molecule has 0 saturated carbocycles. The highest BCUT2D eigenvalue weighted by Gasteiger charge is 2.11. The highest BCUT2D eigenvalue weighted by Crippen LogP contribution is 2.21. The molecule has 1 aromatic heterocycles. The van der Waals surface area contributed by atoms with E-state index in [4.69, 9.17) is 23.8 Å². The molecule has 4 nitrogen and oxygen atoms in total. The Labute approximate surface area is 162 Å². The van der Waals surface area contributed by atoms with Gasteiger partial charge in [-0.25, -0.2) is 4.39 Å². The van der Waals surface area contributed by atoms with E-state index in [9.17, 15) is 4.39 Å². The van der Waals surface area contributed by atoms with Crippen LogP contribution in [0.1, 0.15) is 16.8 Å². The normalized spacial score (nSPS) is 10.6. The molecule has 134 valence electrons. The Morgan fingerprint density at radius 2 is 1.92 bits per heavy atom. The Morgan fingerprint density at radius 1 is 1.15 bits per heavy atom. The topological polar surface area (TPSA) is 41.9 Å². The van der Waals surface area contributed by atoms with Gasteiger partial charge in [0.2, 0.25) is 0 Å². The lowest BCUT2D eigenvalue weighted by molar-refractivity contribution is 0.581. The maximum Gasteiger partial charge on any atom is 0.176 e. The fraction of sp³-hybridized carbons (Fsp3) is 0.158. The van der Waals surface area contributed by atoms with E-state index in [1.807, 2.05) is 44.2 Å². The van der Waals surface area contributed by atoms with Gasteiger partial charge in [0.05, 0.1) is 6.54 Å². The molecule has 1 heterocycles. The first-order valence-electron chi connectivity index (χ1n) is 8.04. The van der Waals surface area contributed by atoms with Crippen LogP contribution in [-0.2, 0) is 6.54 Å². The number of aryl methyl sites for hydroxylation is 2. The largest absolute Gasteiger partial charge is 0.332 e. The van der Waals surface area contributed by atoms with E-state index >= 15 is 0 Å². The van der Waals surface area contributed by atoms with Crippen LogP contribution >= 0.6 is 23.8 Å². The van der Waals surface area contributed by atoms with Crippen LogP contribution < -0.4 is 10.6 Å². The van der Waals surface area contributed by atoms with Gasteiger partial charge in [-0.1, -0.05) is 29.8 Å². The molecule has 0 bridgehead atoms. The maximum atomic E-state index is 14.0.